The van der Waals surface area contributed by atoms with Gasteiger partial charge in [0, 0.05) is 50.7 Å². The van der Waals surface area contributed by atoms with Crippen molar-refractivity contribution in [2.24, 2.45) is 17.8 Å². The smallest absolute Gasteiger partial charge is 0.242 e. The van der Waals surface area contributed by atoms with Crippen molar-refractivity contribution in [2.75, 3.05) is 51.7 Å². The fourth-order valence-corrected chi connectivity index (χ4v) is 9.35. The third-order valence-corrected chi connectivity index (χ3v) is 12.2. The van der Waals surface area contributed by atoms with Gasteiger partial charge in [-0.15, -0.1) is 0 Å². The minimum Gasteiger partial charge on any atom is -0.371 e. The Kier molecular flexibility index (Phi) is 7.34. The van der Waals surface area contributed by atoms with Crippen molar-refractivity contribution in [3.8, 4) is 0 Å². The van der Waals surface area contributed by atoms with Gasteiger partial charge in [-0.3, -0.25) is 0 Å². The molecule has 0 bridgehead atoms. The molecule has 2 aliphatic heterocycles. The van der Waals surface area contributed by atoms with E-state index in [0.29, 0.717) is 16.2 Å². The first-order chi connectivity index (χ1) is 18.4. The quantitative estimate of drug-likeness (QED) is 0.466. The molecule has 0 N–H and O–H groups in total. The third kappa shape index (κ3) is 4.71. The minimum absolute atomic E-state index is 0.363. The van der Waals surface area contributed by atoms with Crippen LogP contribution in [0.5, 0.6) is 0 Å². The molecule has 5 nitrogen and oxygen atoms in total. The average Bonchev–Trinajstić information content (AvgIpc) is 3.46. The number of benzene rings is 2. The third-order valence-electron chi connectivity index (χ3n) is 10.4. The Morgan fingerprint density at radius 2 is 1.53 bits per heavy atom. The molecule has 2 aliphatic carbocycles. The summed E-state index contributed by atoms with van der Waals surface area (Å²) in [6.07, 6.45) is 12.5. The maximum atomic E-state index is 12.4. The molecule has 2 saturated heterocycles. The summed E-state index contributed by atoms with van der Waals surface area (Å²) >= 11 is 0. The second-order valence-corrected chi connectivity index (χ2v) is 14.8. The van der Waals surface area contributed by atoms with Crippen molar-refractivity contribution in [1.29, 1.82) is 0 Å². The molecule has 0 radical (unpaired) electrons. The van der Waals surface area contributed by atoms with Crippen LogP contribution >= 0.6 is 0 Å². The molecule has 0 amide bonds. The lowest BCUT2D eigenvalue weighted by Crippen LogP contribution is -2.54. The van der Waals surface area contributed by atoms with Gasteiger partial charge in [0.2, 0.25) is 10.0 Å². The number of fused-ring (bicyclic) bond motifs is 1. The molecule has 6 rings (SSSR count). The molecule has 4 aliphatic rings. The molecule has 2 aromatic rings. The number of rotatable bonds is 7. The van der Waals surface area contributed by atoms with Crippen LogP contribution in [0, 0.1) is 17.8 Å². The highest BCUT2D eigenvalue weighted by atomic mass is 32.2. The molecular formula is C32H45N3O2S. The van der Waals surface area contributed by atoms with E-state index in [1.54, 1.807) is 37.4 Å². The number of hydrogen-bond acceptors (Lipinski definition) is 4. The summed E-state index contributed by atoms with van der Waals surface area (Å²) in [4.78, 5) is 5.49. The van der Waals surface area contributed by atoms with Crippen LogP contribution in [0.1, 0.15) is 62.5 Å². The molecule has 2 heterocycles. The molecule has 0 spiro atoms. The molecule has 2 aromatic carbocycles. The van der Waals surface area contributed by atoms with E-state index in [9.17, 15) is 8.42 Å². The van der Waals surface area contributed by atoms with Gasteiger partial charge in [0.05, 0.1) is 4.90 Å². The fraction of sp³-hybridized carbons (Fsp3) is 0.625. The maximum absolute atomic E-state index is 12.4. The van der Waals surface area contributed by atoms with Crippen molar-refractivity contribution >= 4 is 15.7 Å². The average molecular weight is 536 g/mol. The van der Waals surface area contributed by atoms with Crippen LogP contribution in [-0.4, -0.2) is 64.4 Å². The second kappa shape index (κ2) is 10.6. The molecule has 0 aromatic heterocycles. The van der Waals surface area contributed by atoms with Gasteiger partial charge < -0.3 is 9.80 Å². The molecule has 206 valence electrons. The monoisotopic (exact) mass is 535 g/mol. The highest BCUT2D eigenvalue weighted by Gasteiger charge is 2.49. The Balaban J connectivity index is 1.05. The highest BCUT2D eigenvalue weighted by Crippen LogP contribution is 2.55. The van der Waals surface area contributed by atoms with Crippen LogP contribution in [0.2, 0.25) is 0 Å². The lowest BCUT2D eigenvalue weighted by molar-refractivity contribution is 0.0648. The van der Waals surface area contributed by atoms with Crippen LogP contribution in [0.15, 0.2) is 53.4 Å². The summed E-state index contributed by atoms with van der Waals surface area (Å²) in [6.45, 7) is 5.82. The van der Waals surface area contributed by atoms with Gasteiger partial charge in [-0.25, -0.2) is 12.7 Å². The van der Waals surface area contributed by atoms with Gasteiger partial charge in [0.15, 0.2) is 0 Å². The van der Waals surface area contributed by atoms with E-state index >= 15 is 0 Å². The zero-order valence-electron chi connectivity index (χ0n) is 23.3. The molecule has 1 saturated carbocycles. The summed E-state index contributed by atoms with van der Waals surface area (Å²) in [5, 5.41) is 0. The number of likely N-dealkylation sites (tertiary alicyclic amines) is 1. The standard InChI is InChI=1S/C32H45N3O2S/c1-33(2)38(36,37)30-15-13-29(14-16-30)35-23-25(24-35)22-34-20-17-28(18-21-34)32(27-10-4-5-11-27)19-7-9-26-8-3-6-12-31(26)32/h3,6,8,12-16,25,27-28H,4-5,7,9-11,17-24H2,1-2H3. The van der Waals surface area contributed by atoms with Crippen molar-refractivity contribution in [3.63, 3.8) is 0 Å². The largest absolute Gasteiger partial charge is 0.371 e. The lowest BCUT2D eigenvalue weighted by atomic mass is 9.54. The molecule has 3 fully saturated rings. The van der Waals surface area contributed by atoms with Gasteiger partial charge in [-0.05, 0) is 105 Å². The van der Waals surface area contributed by atoms with E-state index in [2.05, 4.69) is 34.1 Å². The van der Waals surface area contributed by atoms with Gasteiger partial charge in [-0.2, -0.15) is 0 Å². The topological polar surface area (TPSA) is 43.9 Å². The molecule has 1 unspecified atom stereocenters. The molecule has 6 heteroatoms. The van der Waals surface area contributed by atoms with Gasteiger partial charge >= 0.3 is 0 Å². The SMILES string of the molecule is CN(C)S(=O)(=O)c1ccc(N2CC(CN3CCC(C4(C5CCCC5)CCCc5ccccc54)CC3)C2)cc1. The number of nitrogens with zero attached hydrogens (tertiary/aromatic N) is 3. The second-order valence-electron chi connectivity index (χ2n) is 12.7. The van der Waals surface area contributed by atoms with E-state index in [-0.39, 0.29) is 0 Å². The van der Waals surface area contributed by atoms with E-state index in [1.165, 1.54) is 81.7 Å². The first kappa shape index (κ1) is 26.3. The number of piperidine rings is 1. The normalized spacial score (nSPS) is 26.0. The van der Waals surface area contributed by atoms with E-state index in [1.807, 2.05) is 12.1 Å². The van der Waals surface area contributed by atoms with Crippen molar-refractivity contribution in [2.45, 2.75) is 68.1 Å². The summed E-state index contributed by atoms with van der Waals surface area (Å²) in [5.74, 6) is 2.42. The van der Waals surface area contributed by atoms with Gasteiger partial charge in [0.1, 0.15) is 0 Å². The molecule has 1 atom stereocenters. The number of sulfonamides is 1. The number of hydrogen-bond donors (Lipinski definition) is 0. The maximum Gasteiger partial charge on any atom is 0.242 e. The highest BCUT2D eigenvalue weighted by molar-refractivity contribution is 7.89. The van der Waals surface area contributed by atoms with Crippen molar-refractivity contribution < 1.29 is 8.42 Å². The zero-order valence-corrected chi connectivity index (χ0v) is 24.1. The summed E-state index contributed by atoms with van der Waals surface area (Å²) in [5.41, 5.74) is 4.94. The summed E-state index contributed by atoms with van der Waals surface area (Å²) in [7, 11) is -0.213. The first-order valence-electron chi connectivity index (χ1n) is 15.0. The summed E-state index contributed by atoms with van der Waals surface area (Å²) < 4.78 is 26.0. The Hall–Kier alpha value is -1.89. The van der Waals surface area contributed by atoms with Crippen molar-refractivity contribution in [3.05, 3.63) is 59.7 Å². The summed E-state index contributed by atoms with van der Waals surface area (Å²) in [6, 6.07) is 16.9. The van der Waals surface area contributed by atoms with E-state index < -0.39 is 10.0 Å². The van der Waals surface area contributed by atoms with Gasteiger partial charge in [-0.1, -0.05) is 37.1 Å². The molecular weight excluding hydrogens is 490 g/mol. The van der Waals surface area contributed by atoms with Crippen LogP contribution in [0.4, 0.5) is 5.69 Å². The first-order valence-corrected chi connectivity index (χ1v) is 16.4. The Morgan fingerprint density at radius 3 is 2.21 bits per heavy atom. The Labute approximate surface area is 230 Å². The predicted molar refractivity (Wildman–Crippen MR) is 155 cm³/mol. The zero-order chi connectivity index (χ0) is 26.3. The van der Waals surface area contributed by atoms with Crippen molar-refractivity contribution in [1.82, 2.24) is 9.21 Å². The van der Waals surface area contributed by atoms with Crippen LogP contribution in [0.3, 0.4) is 0 Å². The number of anilines is 1. The molecule has 38 heavy (non-hydrogen) atoms. The van der Waals surface area contributed by atoms with Crippen LogP contribution in [-0.2, 0) is 21.9 Å². The number of aryl methyl sites for hydroxylation is 1. The Morgan fingerprint density at radius 1 is 0.868 bits per heavy atom. The van der Waals surface area contributed by atoms with E-state index in [4.69, 9.17) is 0 Å². The van der Waals surface area contributed by atoms with E-state index in [0.717, 1.165) is 30.6 Å². The fourth-order valence-electron chi connectivity index (χ4n) is 8.45. The predicted octanol–water partition coefficient (Wildman–Crippen LogP) is 5.55. The van der Waals surface area contributed by atoms with Crippen LogP contribution < -0.4 is 4.90 Å². The Bertz CT molecular complexity index is 1210. The minimum atomic E-state index is -3.37. The van der Waals surface area contributed by atoms with Crippen LogP contribution in [0.25, 0.3) is 0 Å². The lowest BCUT2D eigenvalue weighted by Gasteiger charge is -2.52. The van der Waals surface area contributed by atoms with Gasteiger partial charge in [0.25, 0.3) is 0 Å².